The maximum Gasteiger partial charge on any atom is 0.0367 e. The summed E-state index contributed by atoms with van der Waals surface area (Å²) >= 11 is 0. The van der Waals surface area contributed by atoms with E-state index in [1.165, 1.54) is 11.3 Å². The average Bonchev–Trinajstić information content (AvgIpc) is 2.34. The fourth-order valence-corrected chi connectivity index (χ4v) is 2.31. The molecule has 1 saturated heterocycles. The van der Waals surface area contributed by atoms with Gasteiger partial charge in [0.1, 0.15) is 0 Å². The Morgan fingerprint density at radius 1 is 1.24 bits per heavy atom. The Hall–Kier alpha value is -1.06. The Morgan fingerprint density at radius 2 is 1.94 bits per heavy atom. The number of anilines is 1. The van der Waals surface area contributed by atoms with E-state index < -0.39 is 0 Å². The summed E-state index contributed by atoms with van der Waals surface area (Å²) in [6.45, 7) is 6.65. The molecule has 1 heterocycles. The maximum absolute atomic E-state index is 3.18. The van der Waals surface area contributed by atoms with Gasteiger partial charge in [-0.15, -0.1) is 0 Å². The SMILES string of the molecule is CNCc1ccc(N2CCN(C)C(C)C2)cc1. The van der Waals surface area contributed by atoms with Crippen LogP contribution in [0.15, 0.2) is 24.3 Å². The van der Waals surface area contributed by atoms with Gasteiger partial charge in [-0.2, -0.15) is 0 Å². The lowest BCUT2D eigenvalue weighted by Crippen LogP contribution is -2.50. The van der Waals surface area contributed by atoms with Crippen molar-refractivity contribution in [1.82, 2.24) is 10.2 Å². The lowest BCUT2D eigenvalue weighted by Gasteiger charge is -2.39. The second-order valence-electron chi connectivity index (χ2n) is 4.97. The highest BCUT2D eigenvalue weighted by atomic mass is 15.3. The van der Waals surface area contributed by atoms with Crippen molar-refractivity contribution in [2.75, 3.05) is 38.6 Å². The summed E-state index contributed by atoms with van der Waals surface area (Å²) in [5.74, 6) is 0. The third-order valence-corrected chi connectivity index (χ3v) is 3.64. The molecule has 1 N–H and O–H groups in total. The molecule has 0 spiro atoms. The molecule has 1 fully saturated rings. The van der Waals surface area contributed by atoms with Crippen LogP contribution in [0, 0.1) is 0 Å². The zero-order valence-electron chi connectivity index (χ0n) is 11.1. The van der Waals surface area contributed by atoms with E-state index in [4.69, 9.17) is 0 Å². The molecular weight excluding hydrogens is 210 g/mol. The minimum Gasteiger partial charge on any atom is -0.369 e. The van der Waals surface area contributed by atoms with Gasteiger partial charge in [-0.1, -0.05) is 12.1 Å². The normalized spacial score (nSPS) is 21.8. The molecule has 94 valence electrons. The van der Waals surface area contributed by atoms with E-state index in [9.17, 15) is 0 Å². The van der Waals surface area contributed by atoms with E-state index in [1.807, 2.05) is 7.05 Å². The predicted molar refractivity (Wildman–Crippen MR) is 73.5 cm³/mol. The molecule has 0 amide bonds. The Balaban J connectivity index is 2.02. The number of hydrogen-bond acceptors (Lipinski definition) is 3. The van der Waals surface area contributed by atoms with Gasteiger partial charge < -0.3 is 15.1 Å². The fourth-order valence-electron chi connectivity index (χ4n) is 2.31. The average molecular weight is 233 g/mol. The van der Waals surface area contributed by atoms with Gasteiger partial charge in [0.05, 0.1) is 0 Å². The highest BCUT2D eigenvalue weighted by Gasteiger charge is 2.20. The van der Waals surface area contributed by atoms with Gasteiger partial charge >= 0.3 is 0 Å². The molecule has 1 aromatic carbocycles. The van der Waals surface area contributed by atoms with Crippen LogP contribution in [0.25, 0.3) is 0 Å². The highest BCUT2D eigenvalue weighted by Crippen LogP contribution is 2.19. The Kier molecular flexibility index (Phi) is 4.02. The van der Waals surface area contributed by atoms with E-state index in [0.29, 0.717) is 6.04 Å². The first kappa shape index (κ1) is 12.4. The summed E-state index contributed by atoms with van der Waals surface area (Å²) < 4.78 is 0. The monoisotopic (exact) mass is 233 g/mol. The van der Waals surface area contributed by atoms with E-state index in [1.54, 1.807) is 0 Å². The number of nitrogens with one attached hydrogen (secondary N) is 1. The molecule has 1 aliphatic rings. The van der Waals surface area contributed by atoms with Gasteiger partial charge in [0.25, 0.3) is 0 Å². The van der Waals surface area contributed by atoms with E-state index >= 15 is 0 Å². The number of hydrogen-bond donors (Lipinski definition) is 1. The quantitative estimate of drug-likeness (QED) is 0.854. The zero-order chi connectivity index (χ0) is 12.3. The van der Waals surface area contributed by atoms with E-state index in [0.717, 1.165) is 26.2 Å². The van der Waals surface area contributed by atoms with Gasteiger partial charge in [0, 0.05) is 37.9 Å². The summed E-state index contributed by atoms with van der Waals surface area (Å²) in [4.78, 5) is 4.90. The van der Waals surface area contributed by atoms with Crippen molar-refractivity contribution in [2.45, 2.75) is 19.5 Å². The zero-order valence-corrected chi connectivity index (χ0v) is 11.1. The molecule has 3 heteroatoms. The van der Waals surface area contributed by atoms with Crippen LogP contribution in [0.5, 0.6) is 0 Å². The summed E-state index contributed by atoms with van der Waals surface area (Å²) in [5, 5.41) is 3.18. The first-order chi connectivity index (χ1) is 8.20. The smallest absolute Gasteiger partial charge is 0.0367 e. The Morgan fingerprint density at radius 3 is 2.53 bits per heavy atom. The van der Waals surface area contributed by atoms with Crippen molar-refractivity contribution >= 4 is 5.69 Å². The van der Waals surface area contributed by atoms with E-state index in [-0.39, 0.29) is 0 Å². The van der Waals surface area contributed by atoms with Crippen molar-refractivity contribution in [3.63, 3.8) is 0 Å². The first-order valence-electron chi connectivity index (χ1n) is 6.39. The third kappa shape index (κ3) is 2.99. The molecule has 0 aromatic heterocycles. The van der Waals surface area contributed by atoms with Gasteiger partial charge in [0.15, 0.2) is 0 Å². The number of likely N-dealkylation sites (N-methyl/N-ethyl adjacent to an activating group) is 1. The van der Waals surface area contributed by atoms with Crippen molar-refractivity contribution in [3.05, 3.63) is 29.8 Å². The van der Waals surface area contributed by atoms with Gasteiger partial charge in [-0.25, -0.2) is 0 Å². The van der Waals surface area contributed by atoms with Crippen LogP contribution in [0.3, 0.4) is 0 Å². The van der Waals surface area contributed by atoms with Crippen LogP contribution in [-0.2, 0) is 6.54 Å². The van der Waals surface area contributed by atoms with Crippen molar-refractivity contribution in [2.24, 2.45) is 0 Å². The number of rotatable bonds is 3. The second kappa shape index (κ2) is 5.52. The molecule has 1 unspecified atom stereocenters. The molecule has 1 aliphatic heterocycles. The van der Waals surface area contributed by atoms with Crippen LogP contribution in [-0.4, -0.2) is 44.7 Å². The van der Waals surface area contributed by atoms with Gasteiger partial charge in [-0.05, 0) is 38.7 Å². The van der Waals surface area contributed by atoms with Crippen LogP contribution in [0.2, 0.25) is 0 Å². The summed E-state index contributed by atoms with van der Waals surface area (Å²) in [5.41, 5.74) is 2.70. The third-order valence-electron chi connectivity index (χ3n) is 3.64. The molecule has 0 aliphatic carbocycles. The van der Waals surface area contributed by atoms with Crippen molar-refractivity contribution in [1.29, 1.82) is 0 Å². The molecule has 1 atom stereocenters. The first-order valence-corrected chi connectivity index (χ1v) is 6.39. The second-order valence-corrected chi connectivity index (χ2v) is 4.97. The van der Waals surface area contributed by atoms with Crippen molar-refractivity contribution in [3.8, 4) is 0 Å². The minimum absolute atomic E-state index is 0.640. The molecule has 3 nitrogen and oxygen atoms in total. The topological polar surface area (TPSA) is 18.5 Å². The predicted octanol–water partition coefficient (Wildman–Crippen LogP) is 1.55. The van der Waals surface area contributed by atoms with Crippen LogP contribution in [0.4, 0.5) is 5.69 Å². The summed E-state index contributed by atoms with van der Waals surface area (Å²) in [6, 6.07) is 9.56. The molecule has 1 aromatic rings. The van der Waals surface area contributed by atoms with E-state index in [2.05, 4.69) is 53.4 Å². The van der Waals surface area contributed by atoms with Crippen molar-refractivity contribution < 1.29 is 0 Å². The number of benzene rings is 1. The maximum atomic E-state index is 3.18. The molecule has 0 radical (unpaired) electrons. The molecule has 2 rings (SSSR count). The van der Waals surface area contributed by atoms with Crippen LogP contribution in [0.1, 0.15) is 12.5 Å². The number of piperazine rings is 1. The Bertz CT molecular complexity index is 347. The van der Waals surface area contributed by atoms with Gasteiger partial charge in [-0.3, -0.25) is 0 Å². The summed E-state index contributed by atoms with van der Waals surface area (Å²) in [7, 11) is 4.19. The Labute approximate surface area is 104 Å². The largest absolute Gasteiger partial charge is 0.369 e. The molecule has 0 saturated carbocycles. The number of nitrogens with zero attached hydrogens (tertiary/aromatic N) is 2. The lowest BCUT2D eigenvalue weighted by atomic mass is 10.1. The molecule has 0 bridgehead atoms. The van der Waals surface area contributed by atoms with Gasteiger partial charge in [0.2, 0.25) is 0 Å². The fraction of sp³-hybridized carbons (Fsp3) is 0.571. The summed E-state index contributed by atoms with van der Waals surface area (Å²) in [6.07, 6.45) is 0. The highest BCUT2D eigenvalue weighted by molar-refractivity contribution is 5.48. The van der Waals surface area contributed by atoms with Crippen LogP contribution >= 0.6 is 0 Å². The molecule has 17 heavy (non-hydrogen) atoms. The minimum atomic E-state index is 0.640. The molecular formula is C14H23N3. The standard InChI is InChI=1S/C14H23N3/c1-12-11-17(9-8-16(12)3)14-6-4-13(5-7-14)10-15-2/h4-7,12,15H,8-11H2,1-3H3. The van der Waals surface area contributed by atoms with Crippen LogP contribution < -0.4 is 10.2 Å². The lowest BCUT2D eigenvalue weighted by molar-refractivity contribution is 0.234.